The molecule has 0 aromatic heterocycles. The Morgan fingerprint density at radius 3 is 2.24 bits per heavy atom. The lowest BCUT2D eigenvalue weighted by Crippen LogP contribution is -2.28. The van der Waals surface area contributed by atoms with Crippen molar-refractivity contribution in [2.75, 3.05) is 13.7 Å². The van der Waals surface area contributed by atoms with E-state index >= 15 is 0 Å². The Bertz CT molecular complexity index is 717. The minimum absolute atomic E-state index is 0.170. The van der Waals surface area contributed by atoms with Gasteiger partial charge in [0.2, 0.25) is 0 Å². The number of rotatable bonds is 6. The molecule has 5 heteroatoms. The van der Waals surface area contributed by atoms with Gasteiger partial charge in [-0.1, -0.05) is 60.7 Å². The van der Waals surface area contributed by atoms with Gasteiger partial charge < -0.3 is 14.4 Å². The quantitative estimate of drug-likeness (QED) is 0.600. The van der Waals surface area contributed by atoms with Gasteiger partial charge in [-0.3, -0.25) is 4.79 Å². The third kappa shape index (κ3) is 4.38. The van der Waals surface area contributed by atoms with Crippen molar-refractivity contribution >= 4 is 12.1 Å². The summed E-state index contributed by atoms with van der Waals surface area (Å²) in [5.41, 5.74) is 1.98. The largest absolute Gasteiger partial charge is 0.469 e. The molecular formula is C20H21NO4. The van der Waals surface area contributed by atoms with E-state index in [1.165, 1.54) is 7.11 Å². The maximum absolute atomic E-state index is 12.2. The number of ether oxygens (including phenoxy) is 2. The van der Waals surface area contributed by atoms with Crippen LogP contribution in [0.4, 0.5) is 4.79 Å². The van der Waals surface area contributed by atoms with Gasteiger partial charge in [0.25, 0.3) is 0 Å². The van der Waals surface area contributed by atoms with Crippen LogP contribution in [-0.4, -0.2) is 36.7 Å². The van der Waals surface area contributed by atoms with Gasteiger partial charge in [0.1, 0.15) is 6.61 Å². The van der Waals surface area contributed by atoms with Gasteiger partial charge in [-0.15, -0.1) is 0 Å². The summed E-state index contributed by atoms with van der Waals surface area (Å²) in [5, 5.41) is 0. The summed E-state index contributed by atoms with van der Waals surface area (Å²) >= 11 is 0. The second-order valence-electron chi connectivity index (χ2n) is 6.08. The molecule has 0 N–H and O–H groups in total. The zero-order chi connectivity index (χ0) is 17.6. The lowest BCUT2D eigenvalue weighted by Gasteiger charge is -2.15. The normalized spacial score (nSPS) is 16.8. The van der Waals surface area contributed by atoms with E-state index in [0.29, 0.717) is 13.0 Å². The number of carbonyl (C=O) groups is 2. The number of nitrogens with zero attached hydrogens (tertiary/aromatic N) is 1. The molecule has 0 spiro atoms. The molecule has 130 valence electrons. The molecule has 1 heterocycles. The van der Waals surface area contributed by atoms with Gasteiger partial charge in [-0.05, 0) is 17.5 Å². The summed E-state index contributed by atoms with van der Waals surface area (Å²) in [4.78, 5) is 25.9. The van der Waals surface area contributed by atoms with Gasteiger partial charge in [0, 0.05) is 6.54 Å². The van der Waals surface area contributed by atoms with Crippen molar-refractivity contribution in [3.63, 3.8) is 0 Å². The van der Waals surface area contributed by atoms with Crippen molar-refractivity contribution in [1.29, 1.82) is 0 Å². The topological polar surface area (TPSA) is 55.6 Å². The fourth-order valence-corrected chi connectivity index (χ4v) is 2.91. The molecule has 1 saturated heterocycles. The molecule has 2 aromatic rings. The number of hydrogen-bond donors (Lipinski definition) is 0. The molecule has 0 aliphatic carbocycles. The SMILES string of the molecule is COC(=O)[C@H](Cc1ccccc1)[C@H]1CN1C(=O)OCc1ccccc1. The maximum Gasteiger partial charge on any atom is 0.410 e. The molecule has 25 heavy (non-hydrogen) atoms. The highest BCUT2D eigenvalue weighted by molar-refractivity contribution is 5.78. The molecule has 1 amide bonds. The van der Waals surface area contributed by atoms with E-state index < -0.39 is 6.09 Å². The van der Waals surface area contributed by atoms with Gasteiger partial charge in [-0.2, -0.15) is 0 Å². The summed E-state index contributed by atoms with van der Waals surface area (Å²) in [6.07, 6.45) is 0.150. The Morgan fingerprint density at radius 2 is 1.64 bits per heavy atom. The molecule has 0 bridgehead atoms. The van der Waals surface area contributed by atoms with Crippen LogP contribution in [0, 0.1) is 5.92 Å². The summed E-state index contributed by atoms with van der Waals surface area (Å²) in [5.74, 6) is -0.677. The number of benzene rings is 2. The molecule has 1 fully saturated rings. The van der Waals surface area contributed by atoms with Crippen LogP contribution in [0.3, 0.4) is 0 Å². The van der Waals surface area contributed by atoms with Gasteiger partial charge >= 0.3 is 12.1 Å². The average Bonchev–Trinajstić information content (AvgIpc) is 3.46. The molecule has 1 aliphatic rings. The molecule has 5 nitrogen and oxygen atoms in total. The monoisotopic (exact) mass is 339 g/mol. The first-order valence-electron chi connectivity index (χ1n) is 8.28. The van der Waals surface area contributed by atoms with Crippen LogP contribution in [0.15, 0.2) is 60.7 Å². The average molecular weight is 339 g/mol. The Hall–Kier alpha value is -2.82. The van der Waals surface area contributed by atoms with Crippen LogP contribution in [0.5, 0.6) is 0 Å². The maximum atomic E-state index is 12.2. The Balaban J connectivity index is 1.58. The molecular weight excluding hydrogens is 318 g/mol. The van der Waals surface area contributed by atoms with E-state index in [2.05, 4.69) is 0 Å². The Kier molecular flexibility index (Phi) is 5.33. The predicted molar refractivity (Wildman–Crippen MR) is 92.8 cm³/mol. The van der Waals surface area contributed by atoms with E-state index in [-0.39, 0.29) is 24.5 Å². The van der Waals surface area contributed by atoms with Gasteiger partial charge in [0.15, 0.2) is 0 Å². The van der Waals surface area contributed by atoms with E-state index in [0.717, 1.165) is 11.1 Å². The van der Waals surface area contributed by atoms with E-state index in [9.17, 15) is 9.59 Å². The third-order valence-electron chi connectivity index (χ3n) is 4.36. The smallest absolute Gasteiger partial charge is 0.410 e. The number of hydrogen-bond acceptors (Lipinski definition) is 4. The summed E-state index contributed by atoms with van der Waals surface area (Å²) in [7, 11) is 1.38. The van der Waals surface area contributed by atoms with Gasteiger partial charge in [-0.25, -0.2) is 4.79 Å². The van der Waals surface area contributed by atoms with Crippen molar-refractivity contribution in [2.45, 2.75) is 19.1 Å². The fraction of sp³-hybridized carbons (Fsp3) is 0.300. The van der Waals surface area contributed by atoms with Gasteiger partial charge in [0.05, 0.1) is 19.1 Å². The van der Waals surface area contributed by atoms with E-state index in [1.807, 2.05) is 60.7 Å². The zero-order valence-electron chi connectivity index (χ0n) is 14.1. The highest BCUT2D eigenvalue weighted by atomic mass is 16.6. The predicted octanol–water partition coefficient (Wildman–Crippen LogP) is 3.04. The lowest BCUT2D eigenvalue weighted by molar-refractivity contribution is -0.145. The summed E-state index contributed by atoms with van der Waals surface area (Å²) in [6, 6.07) is 19.1. The van der Waals surface area contributed by atoms with Crippen LogP contribution in [0.2, 0.25) is 0 Å². The second-order valence-corrected chi connectivity index (χ2v) is 6.08. The third-order valence-corrected chi connectivity index (χ3v) is 4.36. The summed E-state index contributed by atoms with van der Waals surface area (Å²) < 4.78 is 10.3. The van der Waals surface area contributed by atoms with Crippen LogP contribution in [0.25, 0.3) is 0 Å². The number of carbonyl (C=O) groups excluding carboxylic acids is 2. The lowest BCUT2D eigenvalue weighted by atomic mass is 9.96. The standard InChI is InChI=1S/C20H21NO4/c1-24-19(22)17(12-15-8-4-2-5-9-15)18-13-21(18)20(23)25-14-16-10-6-3-7-11-16/h2-11,17-18H,12-14H2,1H3/t17-,18-,21?/m1/s1. The molecule has 0 unspecified atom stereocenters. The fourth-order valence-electron chi connectivity index (χ4n) is 2.91. The molecule has 3 rings (SSSR count). The van der Waals surface area contributed by atoms with Crippen molar-refractivity contribution in [3.8, 4) is 0 Å². The highest BCUT2D eigenvalue weighted by Crippen LogP contribution is 2.30. The number of methoxy groups -OCH3 is 1. The first-order valence-corrected chi connectivity index (χ1v) is 8.28. The molecule has 2 atom stereocenters. The van der Waals surface area contributed by atoms with Crippen molar-refractivity contribution in [3.05, 3.63) is 71.8 Å². The van der Waals surface area contributed by atoms with Crippen LogP contribution < -0.4 is 0 Å². The van der Waals surface area contributed by atoms with Crippen LogP contribution in [-0.2, 0) is 27.3 Å². The molecule has 0 radical (unpaired) electrons. The highest BCUT2D eigenvalue weighted by Gasteiger charge is 2.48. The summed E-state index contributed by atoms with van der Waals surface area (Å²) in [6.45, 7) is 0.741. The zero-order valence-corrected chi connectivity index (χ0v) is 14.1. The minimum atomic E-state index is -0.393. The van der Waals surface area contributed by atoms with E-state index in [4.69, 9.17) is 9.47 Å². The van der Waals surface area contributed by atoms with Crippen LogP contribution >= 0.6 is 0 Å². The first-order chi connectivity index (χ1) is 12.2. The van der Waals surface area contributed by atoms with Crippen molar-refractivity contribution < 1.29 is 19.1 Å². The Morgan fingerprint density at radius 1 is 1.04 bits per heavy atom. The van der Waals surface area contributed by atoms with Crippen molar-refractivity contribution in [2.24, 2.45) is 5.92 Å². The molecule has 0 saturated carbocycles. The number of esters is 1. The second kappa shape index (κ2) is 7.83. The number of amides is 1. The van der Waals surface area contributed by atoms with E-state index in [1.54, 1.807) is 4.90 Å². The first kappa shape index (κ1) is 17.0. The molecule has 1 aliphatic heterocycles. The van der Waals surface area contributed by atoms with Crippen LogP contribution in [0.1, 0.15) is 11.1 Å². The minimum Gasteiger partial charge on any atom is -0.469 e. The Labute approximate surface area is 147 Å². The molecule has 2 aromatic carbocycles. The van der Waals surface area contributed by atoms with Crippen molar-refractivity contribution in [1.82, 2.24) is 4.90 Å².